The van der Waals surface area contributed by atoms with Gasteiger partial charge in [0.1, 0.15) is 18.0 Å². The van der Waals surface area contributed by atoms with Gasteiger partial charge in [-0.3, -0.25) is 4.90 Å². The second kappa shape index (κ2) is 7.74. The molecule has 122 valence electrons. The molecule has 2 aliphatic rings. The number of methoxy groups -OCH3 is 1. The number of anilines is 2. The van der Waals surface area contributed by atoms with E-state index in [2.05, 4.69) is 30.7 Å². The van der Waals surface area contributed by atoms with Crippen molar-refractivity contribution in [2.45, 2.75) is 19.3 Å². The number of ether oxygens (including phenoxy) is 1. The average molecular weight is 305 g/mol. The summed E-state index contributed by atoms with van der Waals surface area (Å²) in [6.45, 7) is 8.29. The molecular weight excluding hydrogens is 278 g/mol. The van der Waals surface area contributed by atoms with E-state index in [9.17, 15) is 0 Å². The molecule has 0 bridgehead atoms. The van der Waals surface area contributed by atoms with E-state index >= 15 is 0 Å². The van der Waals surface area contributed by atoms with Crippen molar-refractivity contribution >= 4 is 11.6 Å². The number of piperidine rings is 1. The third kappa shape index (κ3) is 3.87. The minimum Gasteiger partial charge on any atom is -0.383 e. The maximum atomic E-state index is 5.16. The summed E-state index contributed by atoms with van der Waals surface area (Å²) in [5, 5.41) is 0. The van der Waals surface area contributed by atoms with Gasteiger partial charge >= 0.3 is 0 Å². The van der Waals surface area contributed by atoms with Crippen LogP contribution in [0.25, 0.3) is 0 Å². The molecule has 0 amide bonds. The van der Waals surface area contributed by atoms with E-state index in [1.54, 1.807) is 13.4 Å². The van der Waals surface area contributed by atoms with Crippen LogP contribution in [0, 0.1) is 0 Å². The van der Waals surface area contributed by atoms with Crippen molar-refractivity contribution in [3.63, 3.8) is 0 Å². The van der Waals surface area contributed by atoms with Crippen molar-refractivity contribution in [1.82, 2.24) is 14.9 Å². The molecule has 0 spiro atoms. The summed E-state index contributed by atoms with van der Waals surface area (Å²) in [7, 11) is 1.76. The fourth-order valence-electron chi connectivity index (χ4n) is 3.23. The lowest BCUT2D eigenvalue weighted by Crippen LogP contribution is -2.47. The van der Waals surface area contributed by atoms with E-state index in [4.69, 9.17) is 4.74 Å². The van der Waals surface area contributed by atoms with Crippen LogP contribution in [-0.2, 0) is 4.74 Å². The minimum absolute atomic E-state index is 0.812. The molecule has 6 nitrogen and oxygen atoms in total. The van der Waals surface area contributed by atoms with Crippen molar-refractivity contribution < 1.29 is 4.74 Å². The Labute approximate surface area is 133 Å². The number of hydrogen-bond donors (Lipinski definition) is 0. The van der Waals surface area contributed by atoms with Crippen molar-refractivity contribution in [3.05, 3.63) is 12.4 Å². The Morgan fingerprint density at radius 2 is 1.55 bits per heavy atom. The number of aromatic nitrogens is 2. The van der Waals surface area contributed by atoms with E-state index in [1.807, 2.05) is 0 Å². The highest BCUT2D eigenvalue weighted by atomic mass is 16.5. The summed E-state index contributed by atoms with van der Waals surface area (Å²) in [5.41, 5.74) is 0. The molecule has 0 radical (unpaired) electrons. The van der Waals surface area contributed by atoms with Crippen molar-refractivity contribution in [1.29, 1.82) is 0 Å². The van der Waals surface area contributed by atoms with Gasteiger partial charge in [-0.15, -0.1) is 0 Å². The van der Waals surface area contributed by atoms with Crippen LogP contribution in [0.5, 0.6) is 0 Å². The maximum Gasteiger partial charge on any atom is 0.134 e. The Bertz CT molecular complexity index is 456. The highest BCUT2D eigenvalue weighted by Crippen LogP contribution is 2.21. The molecule has 0 saturated carbocycles. The topological polar surface area (TPSA) is 44.7 Å². The first-order valence-corrected chi connectivity index (χ1v) is 8.40. The molecule has 3 rings (SSSR count). The van der Waals surface area contributed by atoms with Gasteiger partial charge in [0, 0.05) is 59.0 Å². The second-order valence-electron chi connectivity index (χ2n) is 6.10. The molecule has 0 unspecified atom stereocenters. The van der Waals surface area contributed by atoms with Gasteiger partial charge in [0.25, 0.3) is 0 Å². The lowest BCUT2D eigenvalue weighted by atomic mass is 10.1. The fourth-order valence-corrected chi connectivity index (χ4v) is 3.23. The number of hydrogen-bond acceptors (Lipinski definition) is 6. The van der Waals surface area contributed by atoms with Gasteiger partial charge in [0.2, 0.25) is 0 Å². The molecule has 3 heterocycles. The molecule has 1 aromatic heterocycles. The van der Waals surface area contributed by atoms with Crippen LogP contribution < -0.4 is 9.80 Å². The van der Waals surface area contributed by atoms with Gasteiger partial charge in [-0.2, -0.15) is 0 Å². The summed E-state index contributed by atoms with van der Waals surface area (Å²) in [4.78, 5) is 16.2. The van der Waals surface area contributed by atoms with E-state index in [-0.39, 0.29) is 0 Å². The Hall–Kier alpha value is -1.40. The molecule has 2 saturated heterocycles. The molecule has 2 fully saturated rings. The van der Waals surface area contributed by atoms with Gasteiger partial charge in [0.05, 0.1) is 6.61 Å². The number of piperazine rings is 1. The molecule has 22 heavy (non-hydrogen) atoms. The van der Waals surface area contributed by atoms with E-state index in [0.29, 0.717) is 0 Å². The normalized spacial score (nSPS) is 20.4. The van der Waals surface area contributed by atoms with Crippen LogP contribution in [0.4, 0.5) is 11.6 Å². The molecule has 2 aliphatic heterocycles. The SMILES string of the molecule is COCCN1CCN(c2cc(N3CCCCC3)ncn2)CC1. The van der Waals surface area contributed by atoms with Gasteiger partial charge in [-0.25, -0.2) is 9.97 Å². The highest BCUT2D eigenvalue weighted by molar-refractivity contribution is 5.50. The Morgan fingerprint density at radius 3 is 2.18 bits per heavy atom. The standard InChI is InChI=1S/C16H27N5O/c1-22-12-11-19-7-9-21(10-8-19)16-13-15(17-14-18-16)20-5-3-2-4-6-20/h13-14H,2-12H2,1H3. The van der Waals surface area contributed by atoms with Gasteiger partial charge in [-0.05, 0) is 19.3 Å². The Balaban J connectivity index is 1.58. The first-order valence-electron chi connectivity index (χ1n) is 8.40. The van der Waals surface area contributed by atoms with Crippen LogP contribution >= 0.6 is 0 Å². The summed E-state index contributed by atoms with van der Waals surface area (Å²) in [5.74, 6) is 2.16. The predicted octanol–water partition coefficient (Wildman–Crippen LogP) is 1.24. The maximum absolute atomic E-state index is 5.16. The molecule has 1 aromatic rings. The lowest BCUT2D eigenvalue weighted by molar-refractivity contribution is 0.144. The van der Waals surface area contributed by atoms with E-state index < -0.39 is 0 Å². The average Bonchev–Trinajstić information content (AvgIpc) is 2.61. The monoisotopic (exact) mass is 305 g/mol. The van der Waals surface area contributed by atoms with Gasteiger partial charge in [-0.1, -0.05) is 0 Å². The minimum atomic E-state index is 0.812. The molecular formula is C16H27N5O. The first kappa shape index (κ1) is 15.5. The van der Waals surface area contributed by atoms with Crippen molar-refractivity contribution in [2.24, 2.45) is 0 Å². The zero-order chi connectivity index (χ0) is 15.2. The first-order chi connectivity index (χ1) is 10.9. The summed E-state index contributed by atoms with van der Waals surface area (Å²) in [6, 6.07) is 2.16. The zero-order valence-electron chi connectivity index (χ0n) is 13.6. The van der Waals surface area contributed by atoms with Crippen LogP contribution in [0.2, 0.25) is 0 Å². The number of rotatable bonds is 5. The zero-order valence-corrected chi connectivity index (χ0v) is 13.6. The largest absolute Gasteiger partial charge is 0.383 e. The molecule has 0 aromatic carbocycles. The molecule has 6 heteroatoms. The van der Waals surface area contributed by atoms with Crippen molar-refractivity contribution in [2.75, 3.05) is 69.3 Å². The van der Waals surface area contributed by atoms with Crippen LogP contribution in [0.1, 0.15) is 19.3 Å². The molecule has 0 aliphatic carbocycles. The van der Waals surface area contributed by atoms with Crippen LogP contribution in [0.3, 0.4) is 0 Å². The molecule has 0 atom stereocenters. The van der Waals surface area contributed by atoms with E-state index in [1.165, 1.54) is 19.3 Å². The summed E-state index contributed by atoms with van der Waals surface area (Å²) < 4.78 is 5.16. The lowest BCUT2D eigenvalue weighted by Gasteiger charge is -2.35. The quantitative estimate of drug-likeness (QED) is 0.815. The Kier molecular flexibility index (Phi) is 5.45. The third-order valence-electron chi connectivity index (χ3n) is 4.63. The van der Waals surface area contributed by atoms with Crippen LogP contribution in [-0.4, -0.2) is 74.4 Å². The predicted molar refractivity (Wildman–Crippen MR) is 88.6 cm³/mol. The van der Waals surface area contributed by atoms with Gasteiger partial charge in [0.15, 0.2) is 0 Å². The van der Waals surface area contributed by atoms with Crippen LogP contribution in [0.15, 0.2) is 12.4 Å². The smallest absolute Gasteiger partial charge is 0.134 e. The van der Waals surface area contributed by atoms with Crippen molar-refractivity contribution in [3.8, 4) is 0 Å². The Morgan fingerprint density at radius 1 is 0.909 bits per heavy atom. The summed E-state index contributed by atoms with van der Waals surface area (Å²) in [6.07, 6.45) is 5.61. The second-order valence-corrected chi connectivity index (χ2v) is 6.10. The third-order valence-corrected chi connectivity index (χ3v) is 4.63. The van der Waals surface area contributed by atoms with E-state index in [0.717, 1.165) is 64.1 Å². The highest BCUT2D eigenvalue weighted by Gasteiger charge is 2.19. The fraction of sp³-hybridized carbons (Fsp3) is 0.750. The molecule has 0 N–H and O–H groups in total. The summed E-state index contributed by atoms with van der Waals surface area (Å²) >= 11 is 0. The number of nitrogens with zero attached hydrogens (tertiary/aromatic N) is 5. The van der Waals surface area contributed by atoms with Gasteiger partial charge < -0.3 is 14.5 Å².